The topological polar surface area (TPSA) is 12.0 Å². The van der Waals surface area contributed by atoms with Crippen molar-refractivity contribution < 1.29 is 0 Å². The number of hydrogen-bond donors (Lipinski definition) is 1. The highest BCUT2D eigenvalue weighted by atomic mass is 14.9. The highest BCUT2D eigenvalue weighted by Crippen LogP contribution is 2.31. The second-order valence-corrected chi connectivity index (χ2v) is 6.30. The first-order valence-corrected chi connectivity index (χ1v) is 8.57. The summed E-state index contributed by atoms with van der Waals surface area (Å²) in [6.45, 7) is 4.52. The van der Waals surface area contributed by atoms with Crippen LogP contribution in [0.1, 0.15) is 75.1 Å². The Morgan fingerprint density at radius 3 is 2.40 bits per heavy atom. The fraction of sp³-hybridized carbons (Fsp3) is 0.684. The lowest BCUT2D eigenvalue weighted by atomic mass is 9.92. The molecular formula is C19H31N. The summed E-state index contributed by atoms with van der Waals surface area (Å²) in [5, 5.41) is 3.53. The molecular weight excluding hydrogens is 242 g/mol. The fourth-order valence-electron chi connectivity index (χ4n) is 3.72. The molecule has 1 atom stereocenters. The predicted octanol–water partition coefficient (Wildman–Crippen LogP) is 5.04. The molecule has 0 radical (unpaired) electrons. The molecule has 1 unspecified atom stereocenters. The van der Waals surface area contributed by atoms with Crippen molar-refractivity contribution in [2.45, 2.75) is 71.3 Å². The lowest BCUT2D eigenvalue weighted by Crippen LogP contribution is -2.17. The van der Waals surface area contributed by atoms with Crippen molar-refractivity contribution in [2.75, 3.05) is 7.05 Å². The van der Waals surface area contributed by atoms with E-state index in [-0.39, 0.29) is 0 Å². The van der Waals surface area contributed by atoms with Crippen LogP contribution in [0.4, 0.5) is 0 Å². The molecule has 0 aliphatic heterocycles. The molecule has 0 heterocycles. The lowest BCUT2D eigenvalue weighted by molar-refractivity contribution is 0.427. The van der Waals surface area contributed by atoms with Gasteiger partial charge in [-0.1, -0.05) is 57.7 Å². The minimum Gasteiger partial charge on any atom is -0.313 e. The molecule has 0 saturated heterocycles. The Labute approximate surface area is 125 Å². The van der Waals surface area contributed by atoms with Gasteiger partial charge in [0.15, 0.2) is 0 Å². The number of benzene rings is 1. The number of nitrogens with one attached hydrogen (secondary N) is 1. The van der Waals surface area contributed by atoms with Gasteiger partial charge in [0.25, 0.3) is 0 Å². The van der Waals surface area contributed by atoms with Crippen molar-refractivity contribution >= 4 is 0 Å². The van der Waals surface area contributed by atoms with Crippen LogP contribution in [0.3, 0.4) is 0 Å². The normalized spacial score (nSPS) is 17.6. The van der Waals surface area contributed by atoms with Gasteiger partial charge in [-0.05, 0) is 55.3 Å². The Morgan fingerprint density at radius 1 is 1.10 bits per heavy atom. The van der Waals surface area contributed by atoms with E-state index in [0.717, 1.165) is 18.8 Å². The quantitative estimate of drug-likeness (QED) is 0.733. The molecule has 0 amide bonds. The van der Waals surface area contributed by atoms with Crippen LogP contribution in [0.25, 0.3) is 0 Å². The van der Waals surface area contributed by atoms with Gasteiger partial charge in [-0.3, -0.25) is 0 Å². The van der Waals surface area contributed by atoms with Gasteiger partial charge in [0, 0.05) is 6.04 Å². The Morgan fingerprint density at radius 2 is 1.80 bits per heavy atom. The van der Waals surface area contributed by atoms with Gasteiger partial charge >= 0.3 is 0 Å². The standard InChI is InChI=1S/C19H31N/c1-4-16-11-12-18(14-17(16)5-2)19(20-3)13-10-15-8-6-7-9-15/h11-12,14-15,19-20H,4-10,13H2,1-3H3. The predicted molar refractivity (Wildman–Crippen MR) is 88.2 cm³/mol. The molecule has 0 aromatic heterocycles. The van der Waals surface area contributed by atoms with E-state index >= 15 is 0 Å². The minimum atomic E-state index is 0.534. The van der Waals surface area contributed by atoms with Crippen molar-refractivity contribution in [1.29, 1.82) is 0 Å². The Balaban J connectivity index is 2.02. The Bertz CT molecular complexity index is 404. The van der Waals surface area contributed by atoms with Gasteiger partial charge in [-0.25, -0.2) is 0 Å². The first-order valence-electron chi connectivity index (χ1n) is 8.57. The SMILES string of the molecule is CCc1ccc(C(CCC2CCCC2)NC)cc1CC. The third-order valence-corrected chi connectivity index (χ3v) is 5.08. The Hall–Kier alpha value is -0.820. The van der Waals surface area contributed by atoms with Crippen LogP contribution in [-0.2, 0) is 12.8 Å². The molecule has 1 heteroatoms. The molecule has 1 aliphatic carbocycles. The Kier molecular flexibility index (Phi) is 6.09. The second kappa shape index (κ2) is 7.83. The van der Waals surface area contributed by atoms with Gasteiger partial charge in [0.2, 0.25) is 0 Å². The van der Waals surface area contributed by atoms with Crippen LogP contribution in [0.5, 0.6) is 0 Å². The highest BCUT2D eigenvalue weighted by molar-refractivity contribution is 5.33. The number of aryl methyl sites for hydroxylation is 2. The fourth-order valence-corrected chi connectivity index (χ4v) is 3.72. The van der Waals surface area contributed by atoms with Gasteiger partial charge in [0.1, 0.15) is 0 Å². The minimum absolute atomic E-state index is 0.534. The van der Waals surface area contributed by atoms with Gasteiger partial charge in [0.05, 0.1) is 0 Å². The van der Waals surface area contributed by atoms with Crippen molar-refractivity contribution in [3.05, 3.63) is 34.9 Å². The van der Waals surface area contributed by atoms with E-state index in [0.29, 0.717) is 6.04 Å². The number of rotatable bonds is 7. The van der Waals surface area contributed by atoms with E-state index in [9.17, 15) is 0 Å². The van der Waals surface area contributed by atoms with E-state index in [1.807, 2.05) is 0 Å². The molecule has 20 heavy (non-hydrogen) atoms. The number of hydrogen-bond acceptors (Lipinski definition) is 1. The molecule has 1 fully saturated rings. The van der Waals surface area contributed by atoms with Crippen molar-refractivity contribution in [1.82, 2.24) is 5.32 Å². The average molecular weight is 273 g/mol. The van der Waals surface area contributed by atoms with Crippen LogP contribution in [0.15, 0.2) is 18.2 Å². The first kappa shape index (κ1) is 15.6. The molecule has 1 aromatic rings. The van der Waals surface area contributed by atoms with Crippen LogP contribution >= 0.6 is 0 Å². The van der Waals surface area contributed by atoms with Crippen LogP contribution in [0, 0.1) is 5.92 Å². The third-order valence-electron chi connectivity index (χ3n) is 5.08. The largest absolute Gasteiger partial charge is 0.313 e. The molecule has 1 aromatic carbocycles. The molecule has 0 spiro atoms. The molecule has 0 bridgehead atoms. The lowest BCUT2D eigenvalue weighted by Gasteiger charge is -2.20. The maximum atomic E-state index is 3.53. The van der Waals surface area contributed by atoms with Crippen molar-refractivity contribution in [2.24, 2.45) is 5.92 Å². The van der Waals surface area contributed by atoms with E-state index < -0.39 is 0 Å². The average Bonchev–Trinajstić information content (AvgIpc) is 3.01. The molecule has 2 rings (SSSR count). The zero-order valence-corrected chi connectivity index (χ0v) is 13.5. The molecule has 1 N–H and O–H groups in total. The third kappa shape index (κ3) is 3.85. The van der Waals surface area contributed by atoms with Crippen LogP contribution < -0.4 is 5.32 Å². The van der Waals surface area contributed by atoms with E-state index in [2.05, 4.69) is 44.4 Å². The zero-order chi connectivity index (χ0) is 14.4. The summed E-state index contributed by atoms with van der Waals surface area (Å²) >= 11 is 0. The summed E-state index contributed by atoms with van der Waals surface area (Å²) in [6.07, 6.45) is 10.8. The smallest absolute Gasteiger partial charge is 0.0317 e. The van der Waals surface area contributed by atoms with Gasteiger partial charge in [-0.2, -0.15) is 0 Å². The van der Waals surface area contributed by atoms with Gasteiger partial charge in [-0.15, -0.1) is 0 Å². The van der Waals surface area contributed by atoms with Crippen molar-refractivity contribution in [3.63, 3.8) is 0 Å². The maximum Gasteiger partial charge on any atom is 0.0317 e. The van der Waals surface area contributed by atoms with Crippen LogP contribution in [-0.4, -0.2) is 7.05 Å². The molecule has 112 valence electrons. The summed E-state index contributed by atoms with van der Waals surface area (Å²) in [5.74, 6) is 0.992. The van der Waals surface area contributed by atoms with E-state index in [1.165, 1.54) is 55.2 Å². The molecule has 1 saturated carbocycles. The summed E-state index contributed by atoms with van der Waals surface area (Å²) < 4.78 is 0. The van der Waals surface area contributed by atoms with E-state index in [1.54, 1.807) is 0 Å². The van der Waals surface area contributed by atoms with Crippen LogP contribution in [0.2, 0.25) is 0 Å². The zero-order valence-electron chi connectivity index (χ0n) is 13.5. The van der Waals surface area contributed by atoms with Gasteiger partial charge < -0.3 is 5.32 Å². The first-order chi connectivity index (χ1) is 9.78. The summed E-state index contributed by atoms with van der Waals surface area (Å²) in [5.41, 5.74) is 4.53. The highest BCUT2D eigenvalue weighted by Gasteiger charge is 2.18. The van der Waals surface area contributed by atoms with E-state index in [4.69, 9.17) is 0 Å². The molecule has 1 aliphatic rings. The summed E-state index contributed by atoms with van der Waals surface area (Å²) in [7, 11) is 2.11. The monoisotopic (exact) mass is 273 g/mol. The summed E-state index contributed by atoms with van der Waals surface area (Å²) in [4.78, 5) is 0. The molecule has 1 nitrogen and oxygen atoms in total. The second-order valence-electron chi connectivity index (χ2n) is 6.30. The maximum absolute atomic E-state index is 3.53. The summed E-state index contributed by atoms with van der Waals surface area (Å²) in [6, 6.07) is 7.66. The van der Waals surface area contributed by atoms with Crippen molar-refractivity contribution in [3.8, 4) is 0 Å².